The highest BCUT2D eigenvalue weighted by atomic mass is 35.5. The molecule has 4 rings (SSSR count). The minimum absolute atomic E-state index is 0.118. The summed E-state index contributed by atoms with van der Waals surface area (Å²) in [5.41, 5.74) is 9.08. The van der Waals surface area contributed by atoms with Gasteiger partial charge in [0.25, 0.3) is 5.91 Å². The fraction of sp³-hybridized carbons (Fsp3) is 0.273. The Hall–Kier alpha value is -3.23. The van der Waals surface area contributed by atoms with E-state index in [-0.39, 0.29) is 43.7 Å². The Bertz CT molecular complexity index is 1100. The summed E-state index contributed by atoms with van der Waals surface area (Å²) in [6, 6.07) is 9.66. The van der Waals surface area contributed by atoms with Crippen molar-refractivity contribution in [1.82, 2.24) is 10.2 Å². The van der Waals surface area contributed by atoms with Crippen LogP contribution in [0.5, 0.6) is 0 Å². The van der Waals surface area contributed by atoms with Crippen LogP contribution in [0.3, 0.4) is 0 Å². The third kappa shape index (κ3) is 4.30. The number of imide groups is 1. The maximum atomic E-state index is 12.8. The largest absolute Gasteiger partial charge is 0.326 e. The molecule has 31 heavy (non-hydrogen) atoms. The van der Waals surface area contributed by atoms with Crippen molar-refractivity contribution in [2.24, 2.45) is 5.73 Å². The number of nitrogens with zero attached hydrogens (tertiary/aromatic N) is 1. The molecule has 2 heterocycles. The Kier molecular flexibility index (Phi) is 5.75. The molecule has 9 heteroatoms. The highest BCUT2D eigenvalue weighted by Crippen LogP contribution is 2.28. The number of anilines is 1. The lowest BCUT2D eigenvalue weighted by atomic mass is 10.0. The van der Waals surface area contributed by atoms with Crippen molar-refractivity contribution in [3.63, 3.8) is 0 Å². The van der Waals surface area contributed by atoms with Gasteiger partial charge >= 0.3 is 0 Å². The molecule has 0 aromatic heterocycles. The molecule has 4 amide bonds. The summed E-state index contributed by atoms with van der Waals surface area (Å²) in [4.78, 5) is 50.3. The number of fused-ring (bicyclic) bond motifs is 1. The molecule has 4 N–H and O–H groups in total. The topological polar surface area (TPSA) is 122 Å². The lowest BCUT2D eigenvalue weighted by Crippen LogP contribution is -2.52. The van der Waals surface area contributed by atoms with Crippen molar-refractivity contribution in [2.45, 2.75) is 38.4 Å². The Morgan fingerprint density at radius 3 is 2.74 bits per heavy atom. The van der Waals surface area contributed by atoms with Crippen molar-refractivity contribution < 1.29 is 19.2 Å². The normalized spacial score (nSPS) is 18.1. The van der Waals surface area contributed by atoms with E-state index in [4.69, 9.17) is 17.3 Å². The van der Waals surface area contributed by atoms with E-state index in [1.807, 2.05) is 6.07 Å². The zero-order chi connectivity index (χ0) is 22.1. The molecule has 160 valence electrons. The van der Waals surface area contributed by atoms with Crippen molar-refractivity contribution in [2.75, 3.05) is 5.32 Å². The van der Waals surface area contributed by atoms with Crippen LogP contribution in [0.2, 0.25) is 5.02 Å². The minimum atomic E-state index is -0.663. The van der Waals surface area contributed by atoms with Gasteiger partial charge in [0.05, 0.1) is 6.42 Å². The number of benzene rings is 2. The quantitative estimate of drug-likeness (QED) is 0.611. The van der Waals surface area contributed by atoms with Gasteiger partial charge in [0.2, 0.25) is 17.7 Å². The first-order chi connectivity index (χ1) is 14.9. The lowest BCUT2D eigenvalue weighted by molar-refractivity contribution is -0.137. The summed E-state index contributed by atoms with van der Waals surface area (Å²) in [5.74, 6) is -1.23. The first-order valence-corrected chi connectivity index (χ1v) is 10.3. The number of rotatable bonds is 5. The first-order valence-electron chi connectivity index (χ1n) is 9.90. The molecule has 0 aliphatic carbocycles. The molecule has 2 aromatic rings. The van der Waals surface area contributed by atoms with Crippen molar-refractivity contribution in [3.05, 3.63) is 63.7 Å². The molecular formula is C22H21ClN4O4. The molecule has 2 aliphatic rings. The van der Waals surface area contributed by atoms with Crippen LogP contribution >= 0.6 is 11.6 Å². The van der Waals surface area contributed by atoms with E-state index in [2.05, 4.69) is 10.6 Å². The van der Waals surface area contributed by atoms with Crippen LogP contribution in [0.25, 0.3) is 0 Å². The fourth-order valence-corrected chi connectivity index (χ4v) is 4.17. The van der Waals surface area contributed by atoms with Gasteiger partial charge in [-0.25, -0.2) is 0 Å². The van der Waals surface area contributed by atoms with Crippen molar-refractivity contribution in [3.8, 4) is 0 Å². The number of nitrogens with two attached hydrogens (primary N) is 1. The molecule has 1 unspecified atom stereocenters. The van der Waals surface area contributed by atoms with Crippen molar-refractivity contribution in [1.29, 1.82) is 0 Å². The van der Waals surface area contributed by atoms with Gasteiger partial charge in [-0.3, -0.25) is 24.5 Å². The number of nitrogens with one attached hydrogen (secondary N) is 2. The molecule has 0 saturated carbocycles. The maximum Gasteiger partial charge on any atom is 0.255 e. The highest BCUT2D eigenvalue weighted by molar-refractivity contribution is 6.30. The van der Waals surface area contributed by atoms with Gasteiger partial charge in [0, 0.05) is 35.8 Å². The molecule has 1 atom stereocenters. The van der Waals surface area contributed by atoms with Crippen LogP contribution in [0.4, 0.5) is 5.69 Å². The summed E-state index contributed by atoms with van der Waals surface area (Å²) >= 11 is 5.97. The standard InChI is InChI=1S/C22H21ClN4O4/c23-15-2-4-17(13(9-15)10-24)25-20(29)8-12-1-3-16-14(7-12)11-27(22(16)31)18-5-6-19(28)26-21(18)30/h1-4,7,9,18H,5-6,8,10-11,24H2,(H,25,29)(H,26,28,30). The van der Waals surface area contributed by atoms with E-state index in [9.17, 15) is 19.2 Å². The summed E-state index contributed by atoms with van der Waals surface area (Å²) in [7, 11) is 0. The number of amides is 4. The monoisotopic (exact) mass is 440 g/mol. The van der Waals surface area contributed by atoms with Crippen LogP contribution in [0.15, 0.2) is 36.4 Å². The zero-order valence-electron chi connectivity index (χ0n) is 16.6. The number of hydrogen-bond acceptors (Lipinski definition) is 5. The van der Waals surface area contributed by atoms with Crippen LogP contribution < -0.4 is 16.4 Å². The second kappa shape index (κ2) is 8.49. The van der Waals surface area contributed by atoms with Gasteiger partial charge in [-0.1, -0.05) is 23.7 Å². The smallest absolute Gasteiger partial charge is 0.255 e. The SMILES string of the molecule is NCc1cc(Cl)ccc1NC(=O)Cc1ccc2c(c1)CN(C1CCC(=O)NC1=O)C2=O. The van der Waals surface area contributed by atoms with E-state index in [1.165, 1.54) is 4.90 Å². The molecule has 0 spiro atoms. The second-order valence-electron chi connectivity index (χ2n) is 7.62. The number of halogens is 1. The summed E-state index contributed by atoms with van der Waals surface area (Å²) < 4.78 is 0. The van der Waals surface area contributed by atoms with E-state index in [0.29, 0.717) is 22.7 Å². The molecule has 1 saturated heterocycles. The second-order valence-corrected chi connectivity index (χ2v) is 8.06. The third-order valence-electron chi connectivity index (χ3n) is 5.51. The highest BCUT2D eigenvalue weighted by Gasteiger charge is 2.39. The van der Waals surface area contributed by atoms with Crippen LogP contribution in [-0.2, 0) is 33.9 Å². The summed E-state index contributed by atoms with van der Waals surface area (Å²) in [6.07, 6.45) is 0.633. The average molecular weight is 441 g/mol. The van der Waals surface area contributed by atoms with Crippen LogP contribution in [0.1, 0.15) is 39.9 Å². The third-order valence-corrected chi connectivity index (χ3v) is 5.75. The number of carbonyl (C=O) groups is 4. The summed E-state index contributed by atoms with van der Waals surface area (Å²) in [6.45, 7) is 0.512. The van der Waals surface area contributed by atoms with Crippen LogP contribution in [0, 0.1) is 0 Å². The van der Waals surface area contributed by atoms with Gasteiger partial charge in [-0.05, 0) is 47.4 Å². The predicted molar refractivity (Wildman–Crippen MR) is 114 cm³/mol. The van der Waals surface area contributed by atoms with E-state index < -0.39 is 11.9 Å². The lowest BCUT2D eigenvalue weighted by Gasteiger charge is -2.29. The first kappa shape index (κ1) is 21.0. The van der Waals surface area contributed by atoms with Crippen LogP contribution in [-0.4, -0.2) is 34.6 Å². The number of hydrogen-bond donors (Lipinski definition) is 3. The Balaban J connectivity index is 1.45. The van der Waals surface area contributed by atoms with Gasteiger partial charge in [0.1, 0.15) is 6.04 Å². The fourth-order valence-electron chi connectivity index (χ4n) is 3.97. The molecule has 1 fully saturated rings. The molecule has 2 aromatic carbocycles. The van der Waals surface area contributed by atoms with Gasteiger partial charge in [-0.2, -0.15) is 0 Å². The van der Waals surface area contributed by atoms with E-state index in [1.54, 1.807) is 30.3 Å². The zero-order valence-corrected chi connectivity index (χ0v) is 17.4. The van der Waals surface area contributed by atoms with Gasteiger partial charge in [-0.15, -0.1) is 0 Å². The maximum absolute atomic E-state index is 12.8. The number of carbonyl (C=O) groups excluding carboxylic acids is 4. The molecule has 0 bridgehead atoms. The van der Waals surface area contributed by atoms with E-state index in [0.717, 1.165) is 16.7 Å². The molecule has 8 nitrogen and oxygen atoms in total. The Morgan fingerprint density at radius 2 is 2.00 bits per heavy atom. The number of piperidine rings is 1. The average Bonchev–Trinajstić information content (AvgIpc) is 3.05. The Morgan fingerprint density at radius 1 is 1.19 bits per heavy atom. The molecular weight excluding hydrogens is 420 g/mol. The molecule has 2 aliphatic heterocycles. The Labute approximate surface area is 183 Å². The minimum Gasteiger partial charge on any atom is -0.326 e. The van der Waals surface area contributed by atoms with Gasteiger partial charge < -0.3 is 16.0 Å². The summed E-state index contributed by atoms with van der Waals surface area (Å²) in [5, 5.41) is 5.67. The van der Waals surface area contributed by atoms with E-state index >= 15 is 0 Å². The van der Waals surface area contributed by atoms with Crippen molar-refractivity contribution >= 4 is 40.9 Å². The predicted octanol–water partition coefficient (Wildman–Crippen LogP) is 1.74. The molecule has 0 radical (unpaired) electrons. The van der Waals surface area contributed by atoms with Gasteiger partial charge in [0.15, 0.2) is 0 Å².